The van der Waals surface area contributed by atoms with E-state index in [4.69, 9.17) is 0 Å². The maximum atomic E-state index is 11.4. The topological polar surface area (TPSA) is 46.5 Å². The molecule has 3 heteroatoms. The van der Waals surface area contributed by atoms with E-state index in [-0.39, 0.29) is 5.75 Å². The first kappa shape index (κ1) is 11.6. The van der Waals surface area contributed by atoms with E-state index in [2.05, 4.69) is 11.7 Å². The first-order valence-electron chi connectivity index (χ1n) is 5.09. The number of benzene rings is 1. The van der Waals surface area contributed by atoms with Gasteiger partial charge in [-0.2, -0.15) is 0 Å². The van der Waals surface area contributed by atoms with Gasteiger partial charge in [0.25, 0.3) is 0 Å². The Bertz CT molecular complexity index is 345. The highest BCUT2D eigenvalue weighted by molar-refractivity contribution is 5.94. The van der Waals surface area contributed by atoms with E-state index in [0.29, 0.717) is 5.56 Å². The van der Waals surface area contributed by atoms with Gasteiger partial charge in [-0.05, 0) is 24.5 Å². The summed E-state index contributed by atoms with van der Waals surface area (Å²) in [5.74, 6) is -0.477. The lowest BCUT2D eigenvalue weighted by Gasteiger charge is -2.08. The first-order valence-corrected chi connectivity index (χ1v) is 5.09. The maximum Gasteiger partial charge on any atom is 0.341 e. The van der Waals surface area contributed by atoms with E-state index >= 15 is 0 Å². The number of hydrogen-bond donors (Lipinski definition) is 1. The molecule has 1 N–H and O–H groups in total. The predicted molar refractivity (Wildman–Crippen MR) is 58.1 cm³/mol. The van der Waals surface area contributed by atoms with Crippen LogP contribution in [0.5, 0.6) is 5.75 Å². The van der Waals surface area contributed by atoms with Crippen LogP contribution in [0.3, 0.4) is 0 Å². The SMILES string of the molecule is CCCCc1cccc(O)c1C(=O)OC. The Kier molecular flexibility index (Phi) is 4.16. The third kappa shape index (κ3) is 2.72. The Morgan fingerprint density at radius 2 is 2.20 bits per heavy atom. The summed E-state index contributed by atoms with van der Waals surface area (Å²) in [6.07, 6.45) is 2.83. The molecule has 0 atom stereocenters. The quantitative estimate of drug-likeness (QED) is 0.773. The predicted octanol–water partition coefficient (Wildman–Crippen LogP) is 2.52. The zero-order chi connectivity index (χ0) is 11.3. The molecule has 0 aliphatic heterocycles. The van der Waals surface area contributed by atoms with Crippen LogP contribution in [-0.4, -0.2) is 18.2 Å². The summed E-state index contributed by atoms with van der Waals surface area (Å²) in [6, 6.07) is 5.09. The Morgan fingerprint density at radius 1 is 1.47 bits per heavy atom. The molecule has 0 radical (unpaired) electrons. The van der Waals surface area contributed by atoms with Crippen LogP contribution in [0.15, 0.2) is 18.2 Å². The van der Waals surface area contributed by atoms with Gasteiger partial charge in [-0.3, -0.25) is 0 Å². The summed E-state index contributed by atoms with van der Waals surface area (Å²) in [5.41, 5.74) is 1.15. The van der Waals surface area contributed by atoms with Crippen LogP contribution >= 0.6 is 0 Å². The highest BCUT2D eigenvalue weighted by Crippen LogP contribution is 2.23. The lowest BCUT2D eigenvalue weighted by atomic mass is 10.0. The van der Waals surface area contributed by atoms with Crippen molar-refractivity contribution in [2.24, 2.45) is 0 Å². The highest BCUT2D eigenvalue weighted by Gasteiger charge is 2.15. The number of aromatic hydroxyl groups is 1. The second kappa shape index (κ2) is 5.39. The largest absolute Gasteiger partial charge is 0.507 e. The van der Waals surface area contributed by atoms with Crippen LogP contribution in [0.4, 0.5) is 0 Å². The number of phenolic OH excluding ortho intramolecular Hbond substituents is 1. The Balaban J connectivity index is 3.03. The molecule has 0 bridgehead atoms. The van der Waals surface area contributed by atoms with E-state index in [1.807, 2.05) is 6.07 Å². The Hall–Kier alpha value is -1.51. The standard InChI is InChI=1S/C12H16O3/c1-3-4-6-9-7-5-8-10(13)11(9)12(14)15-2/h5,7-8,13H,3-4,6H2,1-2H3. The molecule has 1 aromatic rings. The van der Waals surface area contributed by atoms with Crippen LogP contribution in [0, 0.1) is 0 Å². The number of esters is 1. The lowest BCUT2D eigenvalue weighted by molar-refractivity contribution is 0.0596. The molecule has 0 saturated heterocycles. The molecule has 15 heavy (non-hydrogen) atoms. The van der Waals surface area contributed by atoms with Crippen LogP contribution in [0.2, 0.25) is 0 Å². The van der Waals surface area contributed by atoms with Gasteiger partial charge in [-0.25, -0.2) is 4.79 Å². The minimum Gasteiger partial charge on any atom is -0.507 e. The molecule has 1 aromatic carbocycles. The number of ether oxygens (including phenoxy) is 1. The molecule has 0 aromatic heterocycles. The normalized spacial score (nSPS) is 10.0. The molecule has 0 heterocycles. The van der Waals surface area contributed by atoms with Crippen LogP contribution in [0.25, 0.3) is 0 Å². The van der Waals surface area contributed by atoms with Gasteiger partial charge in [-0.15, -0.1) is 0 Å². The molecule has 82 valence electrons. The van der Waals surface area contributed by atoms with Gasteiger partial charge in [0.15, 0.2) is 0 Å². The zero-order valence-corrected chi connectivity index (χ0v) is 9.12. The van der Waals surface area contributed by atoms with Crippen molar-refractivity contribution in [3.05, 3.63) is 29.3 Å². The van der Waals surface area contributed by atoms with Gasteiger partial charge in [0.05, 0.1) is 7.11 Å². The third-order valence-electron chi connectivity index (χ3n) is 2.32. The van der Waals surface area contributed by atoms with Gasteiger partial charge in [0.1, 0.15) is 11.3 Å². The van der Waals surface area contributed by atoms with Crippen molar-refractivity contribution in [2.45, 2.75) is 26.2 Å². The average molecular weight is 208 g/mol. The number of aryl methyl sites for hydroxylation is 1. The zero-order valence-electron chi connectivity index (χ0n) is 9.12. The van der Waals surface area contributed by atoms with Crippen molar-refractivity contribution in [2.75, 3.05) is 7.11 Å². The Morgan fingerprint density at radius 3 is 2.80 bits per heavy atom. The smallest absolute Gasteiger partial charge is 0.341 e. The fourth-order valence-electron chi connectivity index (χ4n) is 1.50. The van der Waals surface area contributed by atoms with Crippen LogP contribution in [0.1, 0.15) is 35.7 Å². The van der Waals surface area contributed by atoms with E-state index in [1.54, 1.807) is 6.07 Å². The fraction of sp³-hybridized carbons (Fsp3) is 0.417. The van der Waals surface area contributed by atoms with Crippen molar-refractivity contribution in [1.29, 1.82) is 0 Å². The van der Waals surface area contributed by atoms with Gasteiger partial charge >= 0.3 is 5.97 Å². The second-order valence-corrected chi connectivity index (χ2v) is 3.41. The van der Waals surface area contributed by atoms with E-state index in [0.717, 1.165) is 24.8 Å². The number of hydrogen-bond acceptors (Lipinski definition) is 3. The van der Waals surface area contributed by atoms with Crippen molar-refractivity contribution in [3.8, 4) is 5.75 Å². The van der Waals surface area contributed by atoms with Crippen LogP contribution < -0.4 is 0 Å². The Labute approximate surface area is 89.7 Å². The van der Waals surface area contributed by atoms with Crippen molar-refractivity contribution in [3.63, 3.8) is 0 Å². The number of methoxy groups -OCH3 is 1. The number of carbonyl (C=O) groups excluding carboxylic acids is 1. The van der Waals surface area contributed by atoms with Crippen molar-refractivity contribution in [1.82, 2.24) is 0 Å². The molecule has 0 unspecified atom stereocenters. The average Bonchev–Trinajstić information content (AvgIpc) is 2.25. The fourth-order valence-corrected chi connectivity index (χ4v) is 1.50. The minimum atomic E-state index is -0.473. The van der Waals surface area contributed by atoms with Crippen molar-refractivity contribution >= 4 is 5.97 Å². The first-order chi connectivity index (χ1) is 7.20. The number of rotatable bonds is 4. The number of phenols is 1. The summed E-state index contributed by atoms with van der Waals surface area (Å²) in [7, 11) is 1.32. The molecule has 0 aliphatic rings. The molecule has 0 saturated carbocycles. The molecule has 0 spiro atoms. The lowest BCUT2D eigenvalue weighted by Crippen LogP contribution is -2.06. The monoisotopic (exact) mass is 208 g/mol. The van der Waals surface area contributed by atoms with Crippen LogP contribution in [-0.2, 0) is 11.2 Å². The highest BCUT2D eigenvalue weighted by atomic mass is 16.5. The summed E-state index contributed by atoms with van der Waals surface area (Å²) in [4.78, 5) is 11.4. The second-order valence-electron chi connectivity index (χ2n) is 3.41. The van der Waals surface area contributed by atoms with Gasteiger partial charge in [0, 0.05) is 0 Å². The van der Waals surface area contributed by atoms with Gasteiger partial charge < -0.3 is 9.84 Å². The summed E-state index contributed by atoms with van der Waals surface area (Å²) < 4.78 is 4.64. The third-order valence-corrected chi connectivity index (χ3v) is 2.32. The van der Waals surface area contributed by atoms with E-state index < -0.39 is 5.97 Å². The minimum absolute atomic E-state index is 0.00421. The molecule has 3 nitrogen and oxygen atoms in total. The summed E-state index contributed by atoms with van der Waals surface area (Å²) in [6.45, 7) is 2.08. The number of unbranched alkanes of at least 4 members (excludes halogenated alkanes) is 1. The number of carbonyl (C=O) groups is 1. The molecular formula is C12H16O3. The summed E-state index contributed by atoms with van der Waals surface area (Å²) >= 11 is 0. The summed E-state index contributed by atoms with van der Waals surface area (Å²) in [5, 5.41) is 9.59. The van der Waals surface area contributed by atoms with Gasteiger partial charge in [0.2, 0.25) is 0 Å². The maximum absolute atomic E-state index is 11.4. The molecular weight excluding hydrogens is 192 g/mol. The molecule has 1 rings (SSSR count). The van der Waals surface area contributed by atoms with E-state index in [9.17, 15) is 9.90 Å². The molecule has 0 amide bonds. The molecule has 0 aliphatic carbocycles. The van der Waals surface area contributed by atoms with Crippen molar-refractivity contribution < 1.29 is 14.6 Å². The van der Waals surface area contributed by atoms with Gasteiger partial charge in [-0.1, -0.05) is 25.5 Å². The van der Waals surface area contributed by atoms with E-state index in [1.165, 1.54) is 13.2 Å². The molecule has 0 fully saturated rings.